The van der Waals surface area contributed by atoms with Crippen LogP contribution in [0.1, 0.15) is 31.7 Å². The zero-order valence-corrected chi connectivity index (χ0v) is 9.15. The van der Waals surface area contributed by atoms with E-state index in [1.807, 2.05) is 30.3 Å². The number of nitrogens with zero attached hydrogens (tertiary/aromatic N) is 1. The molecule has 0 saturated heterocycles. The highest BCUT2D eigenvalue weighted by molar-refractivity contribution is 5.13. The molecule has 0 fully saturated rings. The predicted molar refractivity (Wildman–Crippen MR) is 60.2 cm³/mol. The van der Waals surface area contributed by atoms with Crippen molar-refractivity contribution >= 4 is 0 Å². The summed E-state index contributed by atoms with van der Waals surface area (Å²) in [6, 6.07) is 12.2. The second-order valence-corrected chi connectivity index (χ2v) is 3.57. The van der Waals surface area contributed by atoms with Crippen molar-refractivity contribution < 1.29 is 4.74 Å². The molecule has 0 heterocycles. The van der Waals surface area contributed by atoms with E-state index >= 15 is 0 Å². The summed E-state index contributed by atoms with van der Waals surface area (Å²) in [6.07, 6.45) is 2.59. The standard InChI is InChI=1S/C13H17NO/c1-2-6-13(9-10-14)15-11-12-7-4-3-5-8-12/h3-5,7-8,13H,2,6,9,11H2,1H3. The molecule has 0 aliphatic heterocycles. The van der Waals surface area contributed by atoms with Gasteiger partial charge in [0.1, 0.15) is 0 Å². The number of ether oxygens (including phenoxy) is 1. The molecule has 0 saturated carbocycles. The van der Waals surface area contributed by atoms with Gasteiger partial charge in [-0.1, -0.05) is 43.7 Å². The zero-order valence-electron chi connectivity index (χ0n) is 9.15. The molecule has 0 amide bonds. The summed E-state index contributed by atoms with van der Waals surface area (Å²) in [4.78, 5) is 0. The molecule has 0 aliphatic carbocycles. The van der Waals surface area contributed by atoms with Gasteiger partial charge in [0.15, 0.2) is 0 Å². The molecule has 1 aromatic carbocycles. The Balaban J connectivity index is 2.37. The lowest BCUT2D eigenvalue weighted by Crippen LogP contribution is -2.11. The van der Waals surface area contributed by atoms with E-state index in [0.717, 1.165) is 18.4 Å². The summed E-state index contributed by atoms with van der Waals surface area (Å²) in [6.45, 7) is 2.71. The maximum Gasteiger partial charge on any atom is 0.0721 e. The smallest absolute Gasteiger partial charge is 0.0721 e. The third-order valence-corrected chi connectivity index (χ3v) is 2.26. The summed E-state index contributed by atoms with van der Waals surface area (Å²) in [5.41, 5.74) is 1.16. The number of hydrogen-bond donors (Lipinski definition) is 0. The number of benzene rings is 1. The Kier molecular flexibility index (Phi) is 5.50. The molecule has 0 N–H and O–H groups in total. The van der Waals surface area contributed by atoms with Crippen molar-refractivity contribution in [1.82, 2.24) is 0 Å². The van der Waals surface area contributed by atoms with E-state index in [4.69, 9.17) is 10.00 Å². The van der Waals surface area contributed by atoms with Crippen LogP contribution in [0.15, 0.2) is 30.3 Å². The first kappa shape index (κ1) is 11.7. The third kappa shape index (κ3) is 4.62. The SMILES string of the molecule is CCCC(CC#N)OCc1ccccc1. The minimum absolute atomic E-state index is 0.0835. The van der Waals surface area contributed by atoms with Crippen LogP contribution in [-0.2, 0) is 11.3 Å². The predicted octanol–water partition coefficient (Wildman–Crippen LogP) is 3.29. The maximum atomic E-state index is 8.63. The van der Waals surface area contributed by atoms with Crippen molar-refractivity contribution in [2.45, 2.75) is 38.9 Å². The molecule has 2 nitrogen and oxygen atoms in total. The molecule has 0 bridgehead atoms. The maximum absolute atomic E-state index is 8.63. The van der Waals surface area contributed by atoms with Crippen LogP contribution < -0.4 is 0 Å². The Morgan fingerprint density at radius 2 is 2.07 bits per heavy atom. The average molecular weight is 203 g/mol. The largest absolute Gasteiger partial charge is 0.372 e. The first-order chi connectivity index (χ1) is 7.36. The van der Waals surface area contributed by atoms with E-state index in [-0.39, 0.29) is 6.10 Å². The Morgan fingerprint density at radius 1 is 1.33 bits per heavy atom. The molecule has 1 atom stereocenters. The minimum atomic E-state index is 0.0835. The van der Waals surface area contributed by atoms with Gasteiger partial charge in [-0.25, -0.2) is 0 Å². The van der Waals surface area contributed by atoms with Crippen LogP contribution in [0.5, 0.6) is 0 Å². The lowest BCUT2D eigenvalue weighted by molar-refractivity contribution is 0.0377. The number of hydrogen-bond acceptors (Lipinski definition) is 2. The monoisotopic (exact) mass is 203 g/mol. The van der Waals surface area contributed by atoms with Crippen molar-refractivity contribution in [1.29, 1.82) is 5.26 Å². The Labute approximate surface area is 91.5 Å². The molecule has 1 unspecified atom stereocenters. The summed E-state index contributed by atoms with van der Waals surface area (Å²) in [7, 11) is 0. The fraction of sp³-hybridized carbons (Fsp3) is 0.462. The van der Waals surface area contributed by atoms with E-state index in [0.29, 0.717) is 13.0 Å². The normalized spacial score (nSPS) is 12.0. The first-order valence-electron chi connectivity index (χ1n) is 5.39. The van der Waals surface area contributed by atoms with Crippen LogP contribution in [0.2, 0.25) is 0 Å². The molecule has 0 aliphatic rings. The van der Waals surface area contributed by atoms with Gasteiger partial charge in [0.25, 0.3) is 0 Å². The molecule has 0 radical (unpaired) electrons. The highest BCUT2D eigenvalue weighted by Crippen LogP contribution is 2.10. The van der Waals surface area contributed by atoms with Crippen LogP contribution in [-0.4, -0.2) is 6.10 Å². The van der Waals surface area contributed by atoms with Gasteiger partial charge in [-0.2, -0.15) is 5.26 Å². The van der Waals surface area contributed by atoms with Crippen molar-refractivity contribution in [3.63, 3.8) is 0 Å². The van der Waals surface area contributed by atoms with Crippen molar-refractivity contribution in [2.24, 2.45) is 0 Å². The highest BCUT2D eigenvalue weighted by Gasteiger charge is 2.07. The summed E-state index contributed by atoms with van der Waals surface area (Å²) in [5, 5.41) is 8.63. The Bertz CT molecular complexity index is 302. The summed E-state index contributed by atoms with van der Waals surface area (Å²) >= 11 is 0. The molecule has 2 heteroatoms. The van der Waals surface area contributed by atoms with Gasteiger partial charge < -0.3 is 4.74 Å². The van der Waals surface area contributed by atoms with Crippen LogP contribution in [0.4, 0.5) is 0 Å². The van der Waals surface area contributed by atoms with Crippen LogP contribution >= 0.6 is 0 Å². The van der Waals surface area contributed by atoms with E-state index < -0.39 is 0 Å². The Hall–Kier alpha value is -1.33. The summed E-state index contributed by atoms with van der Waals surface area (Å²) < 4.78 is 5.69. The van der Waals surface area contributed by atoms with Gasteiger partial charge in [-0.3, -0.25) is 0 Å². The fourth-order valence-electron chi connectivity index (χ4n) is 1.46. The summed E-state index contributed by atoms with van der Waals surface area (Å²) in [5.74, 6) is 0. The minimum Gasteiger partial charge on any atom is -0.372 e. The quantitative estimate of drug-likeness (QED) is 0.710. The van der Waals surface area contributed by atoms with Gasteiger partial charge in [-0.05, 0) is 12.0 Å². The van der Waals surface area contributed by atoms with Gasteiger partial charge in [0.05, 0.1) is 25.2 Å². The van der Waals surface area contributed by atoms with Gasteiger partial charge >= 0.3 is 0 Å². The number of rotatable bonds is 6. The molecule has 0 spiro atoms. The second kappa shape index (κ2) is 7.03. The molecular weight excluding hydrogens is 186 g/mol. The topological polar surface area (TPSA) is 33.0 Å². The first-order valence-corrected chi connectivity index (χ1v) is 5.39. The third-order valence-electron chi connectivity index (χ3n) is 2.26. The molecule has 80 valence electrons. The van der Waals surface area contributed by atoms with E-state index in [9.17, 15) is 0 Å². The van der Waals surface area contributed by atoms with E-state index in [1.165, 1.54) is 0 Å². The number of nitriles is 1. The zero-order chi connectivity index (χ0) is 10.9. The van der Waals surface area contributed by atoms with Crippen molar-refractivity contribution in [2.75, 3.05) is 0 Å². The van der Waals surface area contributed by atoms with Gasteiger partial charge in [0, 0.05) is 0 Å². The van der Waals surface area contributed by atoms with Crippen molar-refractivity contribution in [3.8, 4) is 6.07 Å². The average Bonchev–Trinajstić information content (AvgIpc) is 2.28. The molecular formula is C13H17NO. The molecule has 1 aromatic rings. The lowest BCUT2D eigenvalue weighted by Gasteiger charge is -2.13. The highest BCUT2D eigenvalue weighted by atomic mass is 16.5. The van der Waals surface area contributed by atoms with Gasteiger partial charge in [0.2, 0.25) is 0 Å². The second-order valence-electron chi connectivity index (χ2n) is 3.57. The molecule has 0 aromatic heterocycles. The van der Waals surface area contributed by atoms with Crippen LogP contribution in [0.3, 0.4) is 0 Å². The van der Waals surface area contributed by atoms with E-state index in [1.54, 1.807) is 0 Å². The van der Waals surface area contributed by atoms with Crippen LogP contribution in [0, 0.1) is 11.3 Å². The van der Waals surface area contributed by atoms with Gasteiger partial charge in [-0.15, -0.1) is 0 Å². The van der Waals surface area contributed by atoms with Crippen LogP contribution in [0.25, 0.3) is 0 Å². The molecule has 1 rings (SSSR count). The van der Waals surface area contributed by atoms with Crippen molar-refractivity contribution in [3.05, 3.63) is 35.9 Å². The Morgan fingerprint density at radius 3 is 2.67 bits per heavy atom. The lowest BCUT2D eigenvalue weighted by atomic mass is 10.1. The fourth-order valence-corrected chi connectivity index (χ4v) is 1.46. The molecule has 15 heavy (non-hydrogen) atoms. The van der Waals surface area contributed by atoms with E-state index in [2.05, 4.69) is 13.0 Å².